The van der Waals surface area contributed by atoms with Crippen LogP contribution in [0.15, 0.2) is 42.5 Å². The molecule has 1 atom stereocenters. The minimum Gasteiger partial charge on any atom is -0.493 e. The van der Waals surface area contributed by atoms with E-state index in [4.69, 9.17) is 21.1 Å². The number of halogens is 1. The zero-order valence-electron chi connectivity index (χ0n) is 15.2. The summed E-state index contributed by atoms with van der Waals surface area (Å²) in [7, 11) is 3.27. The van der Waals surface area contributed by atoms with Crippen molar-refractivity contribution in [3.8, 4) is 11.5 Å². The van der Waals surface area contributed by atoms with Crippen LogP contribution in [0.25, 0.3) is 0 Å². The first kappa shape index (κ1) is 18.7. The summed E-state index contributed by atoms with van der Waals surface area (Å²) < 4.78 is 10.7. The molecule has 1 heterocycles. The van der Waals surface area contributed by atoms with Crippen LogP contribution in [0.1, 0.15) is 28.8 Å². The standard InChI is InChI=1S/C21H24ClNO3/c1-25-19-9-8-15(11-20(19)26-2)13-23-10-4-6-17(14-23)21(24)16-5-3-7-18(22)12-16/h3,5,7-9,11-12,17H,4,6,10,13-14H2,1-2H3/t17-/m1/s1. The van der Waals surface area contributed by atoms with Crippen LogP contribution in [-0.2, 0) is 6.54 Å². The molecule has 0 bridgehead atoms. The van der Waals surface area contributed by atoms with Crippen molar-refractivity contribution in [3.05, 3.63) is 58.6 Å². The van der Waals surface area contributed by atoms with Crippen molar-refractivity contribution in [3.63, 3.8) is 0 Å². The van der Waals surface area contributed by atoms with Crippen molar-refractivity contribution in [2.24, 2.45) is 5.92 Å². The van der Waals surface area contributed by atoms with Gasteiger partial charge in [0.05, 0.1) is 14.2 Å². The van der Waals surface area contributed by atoms with Crippen LogP contribution in [0, 0.1) is 5.92 Å². The van der Waals surface area contributed by atoms with E-state index in [2.05, 4.69) is 4.90 Å². The molecule has 0 amide bonds. The summed E-state index contributed by atoms with van der Waals surface area (Å²) in [5.41, 5.74) is 1.86. The summed E-state index contributed by atoms with van der Waals surface area (Å²) in [6.45, 7) is 2.55. The smallest absolute Gasteiger partial charge is 0.167 e. The van der Waals surface area contributed by atoms with E-state index >= 15 is 0 Å². The number of carbonyl (C=O) groups is 1. The Morgan fingerprint density at radius 3 is 2.69 bits per heavy atom. The minimum atomic E-state index is 0.0161. The highest BCUT2D eigenvalue weighted by molar-refractivity contribution is 6.31. The maximum Gasteiger partial charge on any atom is 0.167 e. The fourth-order valence-corrected chi connectivity index (χ4v) is 3.72. The second kappa shape index (κ2) is 8.56. The molecule has 0 N–H and O–H groups in total. The van der Waals surface area contributed by atoms with E-state index in [1.54, 1.807) is 26.4 Å². The van der Waals surface area contributed by atoms with E-state index in [0.717, 1.165) is 49.5 Å². The summed E-state index contributed by atoms with van der Waals surface area (Å²) in [6.07, 6.45) is 1.94. The molecule has 2 aromatic carbocycles. The lowest BCUT2D eigenvalue weighted by molar-refractivity contribution is 0.0811. The third-order valence-corrected chi connectivity index (χ3v) is 5.07. The number of ketones is 1. The maximum absolute atomic E-state index is 12.8. The Kier molecular flexibility index (Phi) is 6.17. The molecule has 2 aromatic rings. The molecular formula is C21H24ClNO3. The first-order chi connectivity index (χ1) is 12.6. The largest absolute Gasteiger partial charge is 0.493 e. The van der Waals surface area contributed by atoms with Crippen LogP contribution in [0.2, 0.25) is 5.02 Å². The van der Waals surface area contributed by atoms with Crippen LogP contribution in [0.3, 0.4) is 0 Å². The molecule has 1 fully saturated rings. The topological polar surface area (TPSA) is 38.8 Å². The summed E-state index contributed by atoms with van der Waals surface area (Å²) in [5.74, 6) is 1.66. The number of Topliss-reactive ketones (excluding diaryl/α,β-unsaturated/α-hetero) is 1. The van der Waals surface area contributed by atoms with Crippen LogP contribution in [0.5, 0.6) is 11.5 Å². The number of hydrogen-bond donors (Lipinski definition) is 0. The van der Waals surface area contributed by atoms with Gasteiger partial charge in [0.25, 0.3) is 0 Å². The number of methoxy groups -OCH3 is 2. The minimum absolute atomic E-state index is 0.0161. The number of hydrogen-bond acceptors (Lipinski definition) is 4. The number of ether oxygens (including phenoxy) is 2. The Balaban J connectivity index is 1.68. The molecule has 1 saturated heterocycles. The molecule has 1 aliphatic rings. The number of piperidine rings is 1. The Labute approximate surface area is 159 Å². The Morgan fingerprint density at radius 2 is 1.96 bits per heavy atom. The van der Waals surface area contributed by atoms with E-state index in [0.29, 0.717) is 10.6 Å². The molecule has 0 radical (unpaired) electrons. The van der Waals surface area contributed by atoms with Gasteiger partial charge in [-0.25, -0.2) is 0 Å². The summed E-state index contributed by atoms with van der Waals surface area (Å²) in [6, 6.07) is 13.2. The monoisotopic (exact) mass is 373 g/mol. The van der Waals surface area contributed by atoms with Crippen molar-refractivity contribution in [2.45, 2.75) is 19.4 Å². The van der Waals surface area contributed by atoms with Crippen LogP contribution < -0.4 is 9.47 Å². The molecule has 0 unspecified atom stereocenters. The lowest BCUT2D eigenvalue weighted by Gasteiger charge is -2.32. The highest BCUT2D eigenvalue weighted by Crippen LogP contribution is 2.29. The zero-order valence-corrected chi connectivity index (χ0v) is 16.0. The van der Waals surface area contributed by atoms with E-state index < -0.39 is 0 Å². The molecule has 138 valence electrons. The number of rotatable bonds is 6. The molecule has 4 nitrogen and oxygen atoms in total. The normalized spacial score (nSPS) is 17.7. The number of nitrogens with zero attached hydrogens (tertiary/aromatic N) is 1. The SMILES string of the molecule is COc1ccc(CN2CCC[C@@H](C(=O)c3cccc(Cl)c3)C2)cc1OC. The molecule has 0 spiro atoms. The predicted octanol–water partition coefficient (Wildman–Crippen LogP) is 4.45. The molecule has 1 aliphatic heterocycles. The average molecular weight is 374 g/mol. The summed E-state index contributed by atoms with van der Waals surface area (Å²) in [5, 5.41) is 0.605. The van der Waals surface area contributed by atoms with Gasteiger partial charge in [0, 0.05) is 29.6 Å². The van der Waals surface area contributed by atoms with Crippen molar-refractivity contribution >= 4 is 17.4 Å². The van der Waals surface area contributed by atoms with Gasteiger partial charge < -0.3 is 9.47 Å². The van der Waals surface area contributed by atoms with Gasteiger partial charge in [0.1, 0.15) is 0 Å². The molecule has 0 aliphatic carbocycles. The molecule has 26 heavy (non-hydrogen) atoms. The molecule has 3 rings (SSSR count). The molecule has 5 heteroatoms. The first-order valence-electron chi connectivity index (χ1n) is 8.83. The van der Waals surface area contributed by atoms with Crippen molar-refractivity contribution in [1.29, 1.82) is 0 Å². The average Bonchev–Trinajstić information content (AvgIpc) is 2.67. The van der Waals surface area contributed by atoms with Gasteiger partial charge in [0.15, 0.2) is 17.3 Å². The van der Waals surface area contributed by atoms with Gasteiger partial charge >= 0.3 is 0 Å². The molecule has 0 saturated carbocycles. The Hall–Kier alpha value is -2.04. The maximum atomic E-state index is 12.8. The predicted molar refractivity (Wildman–Crippen MR) is 103 cm³/mol. The number of likely N-dealkylation sites (tertiary alicyclic amines) is 1. The van der Waals surface area contributed by atoms with E-state index in [9.17, 15) is 4.79 Å². The van der Waals surface area contributed by atoms with E-state index in [1.165, 1.54) is 0 Å². The number of carbonyl (C=O) groups excluding carboxylic acids is 1. The fraction of sp³-hybridized carbons (Fsp3) is 0.381. The summed E-state index contributed by atoms with van der Waals surface area (Å²) >= 11 is 6.03. The van der Waals surface area contributed by atoms with Crippen LogP contribution in [-0.4, -0.2) is 38.0 Å². The fourth-order valence-electron chi connectivity index (χ4n) is 3.53. The number of benzene rings is 2. The van der Waals surface area contributed by atoms with Gasteiger partial charge in [0.2, 0.25) is 0 Å². The quantitative estimate of drug-likeness (QED) is 0.701. The van der Waals surface area contributed by atoms with E-state index in [1.807, 2.05) is 30.3 Å². The Morgan fingerprint density at radius 1 is 1.15 bits per heavy atom. The third kappa shape index (κ3) is 4.37. The van der Waals surface area contributed by atoms with Crippen molar-refractivity contribution in [1.82, 2.24) is 4.90 Å². The van der Waals surface area contributed by atoms with Gasteiger partial charge in [-0.05, 0) is 49.2 Å². The van der Waals surface area contributed by atoms with Crippen LogP contribution >= 0.6 is 11.6 Å². The lowest BCUT2D eigenvalue weighted by Crippen LogP contribution is -2.38. The Bertz CT molecular complexity index is 778. The van der Waals surface area contributed by atoms with Gasteiger partial charge in [-0.3, -0.25) is 9.69 Å². The zero-order chi connectivity index (χ0) is 18.5. The van der Waals surface area contributed by atoms with Crippen molar-refractivity contribution < 1.29 is 14.3 Å². The highest BCUT2D eigenvalue weighted by Gasteiger charge is 2.26. The lowest BCUT2D eigenvalue weighted by atomic mass is 9.90. The van der Waals surface area contributed by atoms with Gasteiger partial charge in [-0.2, -0.15) is 0 Å². The van der Waals surface area contributed by atoms with Crippen LogP contribution in [0.4, 0.5) is 0 Å². The van der Waals surface area contributed by atoms with Gasteiger partial charge in [-0.1, -0.05) is 29.8 Å². The van der Waals surface area contributed by atoms with Crippen molar-refractivity contribution in [2.75, 3.05) is 27.3 Å². The van der Waals surface area contributed by atoms with E-state index in [-0.39, 0.29) is 11.7 Å². The summed E-state index contributed by atoms with van der Waals surface area (Å²) in [4.78, 5) is 15.1. The highest BCUT2D eigenvalue weighted by atomic mass is 35.5. The second-order valence-electron chi connectivity index (χ2n) is 6.64. The second-order valence-corrected chi connectivity index (χ2v) is 7.07. The first-order valence-corrected chi connectivity index (χ1v) is 9.21. The third-order valence-electron chi connectivity index (χ3n) is 4.84. The molecular weight excluding hydrogens is 350 g/mol. The molecule has 0 aromatic heterocycles. The van der Waals surface area contributed by atoms with Gasteiger partial charge in [-0.15, -0.1) is 0 Å².